The summed E-state index contributed by atoms with van der Waals surface area (Å²) in [6, 6.07) is 8.77. The zero-order valence-corrected chi connectivity index (χ0v) is 10.9. The predicted molar refractivity (Wildman–Crippen MR) is 70.7 cm³/mol. The standard InChI is InChI=1S/C15H14F3NO/c1-19-13-7-8-14(10-20,15(16,17)18)9-12(13)11-5-3-2-4-6-11/h2-8,10,19H,9H2,1H3. The van der Waals surface area contributed by atoms with Crippen molar-refractivity contribution in [2.75, 3.05) is 7.05 Å². The fourth-order valence-electron chi connectivity index (χ4n) is 2.25. The summed E-state index contributed by atoms with van der Waals surface area (Å²) in [4.78, 5) is 11.1. The van der Waals surface area contributed by atoms with Gasteiger partial charge in [-0.1, -0.05) is 36.4 Å². The van der Waals surface area contributed by atoms with Gasteiger partial charge in [-0.05, 0) is 23.6 Å². The van der Waals surface area contributed by atoms with E-state index in [9.17, 15) is 18.0 Å². The van der Waals surface area contributed by atoms with Gasteiger partial charge in [0.05, 0.1) is 0 Å². The third kappa shape index (κ3) is 2.35. The number of aldehydes is 1. The summed E-state index contributed by atoms with van der Waals surface area (Å²) in [5, 5.41) is 2.88. The van der Waals surface area contributed by atoms with Crippen LogP contribution >= 0.6 is 0 Å². The fraction of sp³-hybridized carbons (Fsp3) is 0.267. The minimum absolute atomic E-state index is 0.0150. The van der Waals surface area contributed by atoms with Crippen LogP contribution in [0.5, 0.6) is 0 Å². The molecular formula is C15H14F3NO. The van der Waals surface area contributed by atoms with E-state index in [-0.39, 0.29) is 6.29 Å². The van der Waals surface area contributed by atoms with Gasteiger partial charge in [0, 0.05) is 12.7 Å². The van der Waals surface area contributed by atoms with Gasteiger partial charge < -0.3 is 10.1 Å². The van der Waals surface area contributed by atoms with Crippen molar-refractivity contribution in [3.05, 3.63) is 53.7 Å². The van der Waals surface area contributed by atoms with Gasteiger partial charge in [0.1, 0.15) is 11.7 Å². The molecule has 0 aliphatic heterocycles. The molecule has 2 nitrogen and oxygen atoms in total. The van der Waals surface area contributed by atoms with Crippen molar-refractivity contribution in [2.24, 2.45) is 5.41 Å². The van der Waals surface area contributed by atoms with Gasteiger partial charge in [0.15, 0.2) is 0 Å². The SMILES string of the molecule is CNC1=C(c2ccccc2)CC(C=O)(C(F)(F)F)C=C1. The van der Waals surface area contributed by atoms with Gasteiger partial charge in [-0.15, -0.1) is 0 Å². The van der Waals surface area contributed by atoms with Crippen molar-refractivity contribution in [2.45, 2.75) is 12.6 Å². The van der Waals surface area contributed by atoms with Crippen LogP contribution < -0.4 is 5.32 Å². The number of nitrogens with one attached hydrogen (secondary N) is 1. The lowest BCUT2D eigenvalue weighted by atomic mass is 9.76. The molecule has 0 bridgehead atoms. The number of allylic oxidation sites excluding steroid dienone is 3. The number of benzene rings is 1. The molecule has 1 N–H and O–H groups in total. The highest BCUT2D eigenvalue weighted by Crippen LogP contribution is 2.47. The molecule has 1 aromatic rings. The second-order valence-electron chi connectivity index (χ2n) is 4.67. The third-order valence-electron chi connectivity index (χ3n) is 3.47. The molecule has 1 unspecified atom stereocenters. The molecule has 1 aromatic carbocycles. The monoisotopic (exact) mass is 281 g/mol. The van der Waals surface area contributed by atoms with Crippen LogP contribution in [-0.2, 0) is 4.79 Å². The van der Waals surface area contributed by atoms with Crippen molar-refractivity contribution in [3.8, 4) is 0 Å². The minimum Gasteiger partial charge on any atom is -0.388 e. The molecule has 0 radical (unpaired) electrons. The summed E-state index contributed by atoms with van der Waals surface area (Å²) in [6.45, 7) is 0. The van der Waals surface area contributed by atoms with Crippen molar-refractivity contribution in [1.82, 2.24) is 5.32 Å². The predicted octanol–water partition coefficient (Wildman–Crippen LogP) is 3.32. The minimum atomic E-state index is -4.61. The zero-order valence-electron chi connectivity index (χ0n) is 10.9. The molecule has 0 heterocycles. The maximum Gasteiger partial charge on any atom is 0.404 e. The van der Waals surface area contributed by atoms with Gasteiger partial charge in [-0.25, -0.2) is 0 Å². The summed E-state index contributed by atoms with van der Waals surface area (Å²) in [6.07, 6.45) is -2.76. The van der Waals surface area contributed by atoms with E-state index in [0.717, 1.165) is 6.08 Å². The molecule has 0 amide bonds. The van der Waals surface area contributed by atoms with Crippen molar-refractivity contribution in [3.63, 3.8) is 0 Å². The Hall–Kier alpha value is -2.04. The Morgan fingerprint density at radius 1 is 1.25 bits per heavy atom. The smallest absolute Gasteiger partial charge is 0.388 e. The van der Waals surface area contributed by atoms with E-state index in [2.05, 4.69) is 5.32 Å². The highest BCUT2D eigenvalue weighted by atomic mass is 19.4. The molecule has 1 aliphatic rings. The highest BCUT2D eigenvalue weighted by molar-refractivity contribution is 5.79. The zero-order chi connectivity index (χ0) is 14.8. The van der Waals surface area contributed by atoms with E-state index >= 15 is 0 Å². The van der Waals surface area contributed by atoms with Crippen LogP contribution in [-0.4, -0.2) is 19.5 Å². The van der Waals surface area contributed by atoms with Crippen LogP contribution in [0.1, 0.15) is 12.0 Å². The fourth-order valence-corrected chi connectivity index (χ4v) is 2.25. The number of carbonyl (C=O) groups excluding carboxylic acids is 1. The maximum atomic E-state index is 13.2. The molecular weight excluding hydrogens is 267 g/mol. The Balaban J connectivity index is 2.51. The number of hydrogen-bond acceptors (Lipinski definition) is 2. The first-order valence-electron chi connectivity index (χ1n) is 6.12. The van der Waals surface area contributed by atoms with Crippen molar-refractivity contribution < 1.29 is 18.0 Å². The first-order valence-corrected chi connectivity index (χ1v) is 6.12. The largest absolute Gasteiger partial charge is 0.404 e. The number of carbonyl (C=O) groups is 1. The van der Waals surface area contributed by atoms with Crippen LogP contribution in [0.2, 0.25) is 0 Å². The molecule has 2 rings (SSSR count). The molecule has 1 aliphatic carbocycles. The van der Waals surface area contributed by atoms with Crippen LogP contribution in [0.25, 0.3) is 5.57 Å². The average molecular weight is 281 g/mol. The summed E-state index contributed by atoms with van der Waals surface area (Å²) in [5.74, 6) is 0. The van der Waals surface area contributed by atoms with E-state index in [1.54, 1.807) is 37.4 Å². The molecule has 106 valence electrons. The number of rotatable bonds is 3. The van der Waals surface area contributed by atoms with Crippen LogP contribution in [0, 0.1) is 5.41 Å². The van der Waals surface area contributed by atoms with Crippen molar-refractivity contribution >= 4 is 11.9 Å². The van der Waals surface area contributed by atoms with Crippen LogP contribution in [0.15, 0.2) is 48.2 Å². The number of halogens is 3. The molecule has 1 atom stereocenters. The topological polar surface area (TPSA) is 29.1 Å². The van der Waals surface area contributed by atoms with Gasteiger partial charge in [0.25, 0.3) is 0 Å². The summed E-state index contributed by atoms with van der Waals surface area (Å²) < 4.78 is 39.6. The molecule has 0 saturated heterocycles. The summed E-state index contributed by atoms with van der Waals surface area (Å²) >= 11 is 0. The second kappa shape index (κ2) is 5.15. The van der Waals surface area contributed by atoms with Gasteiger partial charge >= 0.3 is 6.18 Å². The molecule has 0 aromatic heterocycles. The van der Waals surface area contributed by atoms with Crippen LogP contribution in [0.3, 0.4) is 0 Å². The first-order chi connectivity index (χ1) is 9.43. The number of hydrogen-bond donors (Lipinski definition) is 1. The Labute approximate surface area is 115 Å². The summed E-state index contributed by atoms with van der Waals surface area (Å²) in [7, 11) is 1.64. The highest BCUT2D eigenvalue weighted by Gasteiger charge is 2.54. The van der Waals surface area contributed by atoms with E-state index in [0.29, 0.717) is 16.8 Å². The molecule has 20 heavy (non-hydrogen) atoms. The molecule has 0 saturated carbocycles. The van der Waals surface area contributed by atoms with E-state index < -0.39 is 18.0 Å². The molecule has 0 spiro atoms. The van der Waals surface area contributed by atoms with Gasteiger partial charge in [0.2, 0.25) is 0 Å². The quantitative estimate of drug-likeness (QED) is 0.861. The third-order valence-corrected chi connectivity index (χ3v) is 3.47. The van der Waals surface area contributed by atoms with Gasteiger partial charge in [-0.3, -0.25) is 0 Å². The summed E-state index contributed by atoms with van der Waals surface area (Å²) in [5.41, 5.74) is -0.687. The molecule has 0 fully saturated rings. The number of likely N-dealkylation sites (N-methyl/N-ethyl adjacent to an activating group) is 1. The lowest BCUT2D eigenvalue weighted by Gasteiger charge is -2.32. The second-order valence-corrected chi connectivity index (χ2v) is 4.67. The normalized spacial score (nSPS) is 22.8. The Kier molecular flexibility index (Phi) is 3.70. The lowest BCUT2D eigenvalue weighted by Crippen LogP contribution is -2.40. The maximum absolute atomic E-state index is 13.2. The number of alkyl halides is 3. The van der Waals surface area contributed by atoms with Gasteiger partial charge in [-0.2, -0.15) is 13.2 Å². The Bertz CT molecular complexity index is 560. The van der Waals surface area contributed by atoms with Crippen molar-refractivity contribution in [1.29, 1.82) is 0 Å². The van der Waals surface area contributed by atoms with E-state index in [4.69, 9.17) is 0 Å². The Morgan fingerprint density at radius 3 is 2.40 bits per heavy atom. The lowest BCUT2D eigenvalue weighted by molar-refractivity contribution is -0.198. The first kappa shape index (κ1) is 14.4. The molecule has 5 heteroatoms. The van der Waals surface area contributed by atoms with E-state index in [1.807, 2.05) is 0 Å². The Morgan fingerprint density at radius 2 is 1.90 bits per heavy atom. The van der Waals surface area contributed by atoms with Crippen LogP contribution in [0.4, 0.5) is 13.2 Å². The van der Waals surface area contributed by atoms with E-state index in [1.165, 1.54) is 6.08 Å². The average Bonchev–Trinajstić information content (AvgIpc) is 2.46.